The first-order valence-electron chi connectivity index (χ1n) is 9.55. The normalized spacial score (nSPS) is 21.8. The van der Waals surface area contributed by atoms with Crippen LogP contribution < -0.4 is 5.56 Å². The van der Waals surface area contributed by atoms with Crippen molar-refractivity contribution in [1.29, 1.82) is 0 Å². The summed E-state index contributed by atoms with van der Waals surface area (Å²) in [5, 5.41) is 1.58. The van der Waals surface area contributed by atoms with E-state index in [0.717, 1.165) is 41.8 Å². The van der Waals surface area contributed by atoms with E-state index in [0.29, 0.717) is 11.9 Å². The maximum Gasteiger partial charge on any atom is 0.262 e. The highest BCUT2D eigenvalue weighted by Gasteiger charge is 2.21. The van der Waals surface area contributed by atoms with Crippen molar-refractivity contribution in [3.63, 3.8) is 0 Å². The molecule has 1 aromatic carbocycles. The fraction of sp³-hybridized carbons (Fsp3) is 0.600. The molecule has 0 amide bonds. The van der Waals surface area contributed by atoms with Crippen LogP contribution in [0.25, 0.3) is 10.9 Å². The van der Waals surface area contributed by atoms with Gasteiger partial charge in [0.25, 0.3) is 5.56 Å². The van der Waals surface area contributed by atoms with Crippen LogP contribution in [0.4, 0.5) is 0 Å². The topological polar surface area (TPSA) is 44.1 Å². The van der Waals surface area contributed by atoms with Gasteiger partial charge in [0.1, 0.15) is 0 Å². The molecule has 25 heavy (non-hydrogen) atoms. The third-order valence-corrected chi connectivity index (χ3v) is 6.62. The van der Waals surface area contributed by atoms with Crippen LogP contribution in [0.1, 0.15) is 44.9 Å². The number of aromatic nitrogens is 2. The van der Waals surface area contributed by atoms with E-state index in [4.69, 9.17) is 9.72 Å². The van der Waals surface area contributed by atoms with Crippen molar-refractivity contribution in [2.24, 2.45) is 5.92 Å². The third-order valence-electron chi connectivity index (χ3n) is 5.41. The number of fused-ring (bicyclic) bond motifs is 1. The first-order valence-corrected chi connectivity index (χ1v) is 10.5. The Labute approximate surface area is 153 Å². The minimum Gasteiger partial charge on any atom is -0.376 e. The van der Waals surface area contributed by atoms with E-state index in [1.807, 2.05) is 28.8 Å². The number of para-hydroxylation sites is 1. The van der Waals surface area contributed by atoms with Crippen molar-refractivity contribution in [3.8, 4) is 0 Å². The SMILES string of the molecule is O=c1c2ccccc2nc(SCC2CCCCC2)n1CC1CCCO1. The van der Waals surface area contributed by atoms with E-state index in [1.54, 1.807) is 11.8 Å². The summed E-state index contributed by atoms with van der Waals surface area (Å²) in [5.74, 6) is 1.83. The quantitative estimate of drug-likeness (QED) is 0.592. The molecule has 4 nitrogen and oxygen atoms in total. The van der Waals surface area contributed by atoms with Gasteiger partial charge in [-0.05, 0) is 43.7 Å². The minimum absolute atomic E-state index is 0.0762. The lowest BCUT2D eigenvalue weighted by Gasteiger charge is -2.22. The number of hydrogen-bond acceptors (Lipinski definition) is 4. The standard InChI is InChI=1S/C20H26N2O2S/c23-19-17-10-4-5-11-18(17)21-20(22(19)13-16-9-6-12-24-16)25-14-15-7-2-1-3-8-15/h4-5,10-11,15-16H,1-3,6-9,12-14H2. The zero-order chi connectivity index (χ0) is 17.1. The van der Waals surface area contributed by atoms with Gasteiger partial charge in [-0.1, -0.05) is 43.2 Å². The molecule has 2 fully saturated rings. The molecule has 1 aliphatic carbocycles. The molecule has 1 unspecified atom stereocenters. The summed E-state index contributed by atoms with van der Waals surface area (Å²) in [4.78, 5) is 17.9. The molecule has 2 aliphatic rings. The van der Waals surface area contributed by atoms with Crippen LogP contribution in [0.15, 0.2) is 34.2 Å². The van der Waals surface area contributed by atoms with Gasteiger partial charge in [-0.25, -0.2) is 4.98 Å². The molecule has 2 aromatic rings. The fourth-order valence-electron chi connectivity index (χ4n) is 3.96. The minimum atomic E-state index is 0.0762. The van der Waals surface area contributed by atoms with Gasteiger partial charge in [0.2, 0.25) is 0 Å². The largest absolute Gasteiger partial charge is 0.376 e. The maximum absolute atomic E-state index is 13.0. The van der Waals surface area contributed by atoms with E-state index >= 15 is 0 Å². The van der Waals surface area contributed by atoms with Crippen LogP contribution in [-0.4, -0.2) is 28.0 Å². The third kappa shape index (κ3) is 3.93. The molecule has 1 saturated heterocycles. The van der Waals surface area contributed by atoms with Crippen molar-refractivity contribution in [1.82, 2.24) is 9.55 Å². The first-order chi connectivity index (χ1) is 12.3. The van der Waals surface area contributed by atoms with E-state index < -0.39 is 0 Å². The Bertz CT molecular complexity index is 777. The zero-order valence-electron chi connectivity index (χ0n) is 14.7. The predicted molar refractivity (Wildman–Crippen MR) is 102 cm³/mol. The van der Waals surface area contributed by atoms with Crippen LogP contribution >= 0.6 is 11.8 Å². The second-order valence-electron chi connectivity index (χ2n) is 7.28. The highest BCUT2D eigenvalue weighted by molar-refractivity contribution is 7.99. The Morgan fingerprint density at radius 2 is 1.96 bits per heavy atom. The Kier molecular flexibility index (Phi) is 5.42. The van der Waals surface area contributed by atoms with E-state index in [1.165, 1.54) is 32.1 Å². The molecule has 5 heteroatoms. The van der Waals surface area contributed by atoms with Crippen molar-refractivity contribution in [3.05, 3.63) is 34.6 Å². The lowest BCUT2D eigenvalue weighted by atomic mass is 9.91. The highest BCUT2D eigenvalue weighted by Crippen LogP contribution is 2.30. The second-order valence-corrected chi connectivity index (χ2v) is 8.26. The van der Waals surface area contributed by atoms with Crippen LogP contribution in [-0.2, 0) is 11.3 Å². The molecule has 0 spiro atoms. The van der Waals surface area contributed by atoms with Crippen LogP contribution in [0.3, 0.4) is 0 Å². The fourth-order valence-corrected chi connectivity index (χ4v) is 5.15. The van der Waals surface area contributed by atoms with Crippen molar-refractivity contribution in [2.45, 2.75) is 62.8 Å². The molecule has 2 heterocycles. The Morgan fingerprint density at radius 1 is 1.12 bits per heavy atom. The van der Waals surface area contributed by atoms with E-state index in [2.05, 4.69) is 0 Å². The number of rotatable bonds is 5. The Hall–Kier alpha value is -1.33. The van der Waals surface area contributed by atoms with Gasteiger partial charge in [0.15, 0.2) is 5.16 Å². The smallest absolute Gasteiger partial charge is 0.262 e. The maximum atomic E-state index is 13.0. The average molecular weight is 359 g/mol. The summed E-state index contributed by atoms with van der Waals surface area (Å²) in [6.07, 6.45) is 8.97. The molecule has 0 radical (unpaired) electrons. The summed E-state index contributed by atoms with van der Waals surface area (Å²) in [7, 11) is 0. The molecule has 1 aliphatic heterocycles. The molecular weight excluding hydrogens is 332 g/mol. The molecule has 134 valence electrons. The van der Waals surface area contributed by atoms with E-state index in [-0.39, 0.29) is 11.7 Å². The lowest BCUT2D eigenvalue weighted by molar-refractivity contribution is 0.0937. The molecule has 4 rings (SSSR count). The molecule has 0 bridgehead atoms. The van der Waals surface area contributed by atoms with Gasteiger partial charge < -0.3 is 4.74 Å². The zero-order valence-corrected chi connectivity index (χ0v) is 15.5. The van der Waals surface area contributed by atoms with Crippen LogP contribution in [0.5, 0.6) is 0 Å². The molecule has 1 saturated carbocycles. The summed E-state index contributed by atoms with van der Waals surface area (Å²) < 4.78 is 7.64. The average Bonchev–Trinajstić information content (AvgIpc) is 3.17. The van der Waals surface area contributed by atoms with Crippen molar-refractivity contribution >= 4 is 22.7 Å². The number of nitrogens with zero attached hydrogens (tertiary/aromatic N) is 2. The van der Waals surface area contributed by atoms with Gasteiger partial charge in [-0.2, -0.15) is 0 Å². The van der Waals surface area contributed by atoms with Crippen molar-refractivity contribution < 1.29 is 4.74 Å². The second kappa shape index (κ2) is 7.92. The summed E-state index contributed by atoms with van der Waals surface area (Å²) in [5.41, 5.74) is 0.884. The summed E-state index contributed by atoms with van der Waals surface area (Å²) >= 11 is 1.76. The predicted octanol–water partition coefficient (Wildman–Crippen LogP) is 4.25. The Morgan fingerprint density at radius 3 is 2.76 bits per heavy atom. The highest BCUT2D eigenvalue weighted by atomic mass is 32.2. The van der Waals surface area contributed by atoms with Gasteiger partial charge in [-0.3, -0.25) is 9.36 Å². The summed E-state index contributed by atoms with van der Waals surface area (Å²) in [6, 6.07) is 7.69. The number of ether oxygens (including phenoxy) is 1. The summed E-state index contributed by atoms with van der Waals surface area (Å²) in [6.45, 7) is 1.44. The van der Waals surface area contributed by atoms with Crippen LogP contribution in [0, 0.1) is 5.92 Å². The molecular formula is C20H26N2O2S. The molecule has 0 N–H and O–H groups in total. The van der Waals surface area contributed by atoms with Crippen molar-refractivity contribution in [2.75, 3.05) is 12.4 Å². The first kappa shape index (κ1) is 17.1. The van der Waals surface area contributed by atoms with Gasteiger partial charge in [0, 0.05) is 12.4 Å². The number of hydrogen-bond donors (Lipinski definition) is 0. The molecule has 1 aromatic heterocycles. The number of thioether (sulfide) groups is 1. The number of benzene rings is 1. The van der Waals surface area contributed by atoms with Gasteiger partial charge in [0.05, 0.1) is 23.6 Å². The van der Waals surface area contributed by atoms with Gasteiger partial charge >= 0.3 is 0 Å². The van der Waals surface area contributed by atoms with Gasteiger partial charge in [-0.15, -0.1) is 0 Å². The van der Waals surface area contributed by atoms with Crippen LogP contribution in [0.2, 0.25) is 0 Å². The lowest BCUT2D eigenvalue weighted by Crippen LogP contribution is -2.29. The van der Waals surface area contributed by atoms with E-state index in [9.17, 15) is 4.79 Å². The molecule has 1 atom stereocenters. The monoisotopic (exact) mass is 358 g/mol. The Balaban J connectivity index is 1.63.